The number of aliphatic hydroxyl groups excluding tert-OH is 1. The maximum absolute atomic E-state index is 10.8. The number of hydrogen-bond acceptors (Lipinski definition) is 5. The van der Waals surface area contributed by atoms with Crippen molar-refractivity contribution in [2.75, 3.05) is 39.3 Å². The van der Waals surface area contributed by atoms with Gasteiger partial charge in [0.2, 0.25) is 5.91 Å². The molecular weight excluding hydrogens is 318 g/mol. The van der Waals surface area contributed by atoms with Gasteiger partial charge in [-0.15, -0.1) is 0 Å². The Labute approximate surface area is 150 Å². The third-order valence-corrected chi connectivity index (χ3v) is 4.31. The van der Waals surface area contributed by atoms with E-state index in [0.717, 1.165) is 24.4 Å². The molecule has 1 aromatic carbocycles. The second-order valence-corrected chi connectivity index (χ2v) is 6.59. The third kappa shape index (κ3) is 7.86. The largest absolute Gasteiger partial charge is 0.491 e. The third-order valence-electron chi connectivity index (χ3n) is 4.31. The molecule has 1 aromatic rings. The van der Waals surface area contributed by atoms with E-state index in [1.165, 1.54) is 26.2 Å². The minimum Gasteiger partial charge on any atom is -0.491 e. The first kappa shape index (κ1) is 19.7. The molecular formula is C19H31N3O3. The van der Waals surface area contributed by atoms with Crippen molar-refractivity contribution in [1.82, 2.24) is 15.5 Å². The summed E-state index contributed by atoms with van der Waals surface area (Å²) in [5.41, 5.74) is 1.05. The number of amides is 1. The number of ether oxygens (including phenoxy) is 1. The number of piperidine rings is 1. The van der Waals surface area contributed by atoms with Crippen LogP contribution in [0.1, 0.15) is 31.7 Å². The van der Waals surface area contributed by atoms with E-state index >= 15 is 0 Å². The lowest BCUT2D eigenvalue weighted by atomic mass is 10.1. The molecule has 25 heavy (non-hydrogen) atoms. The first-order valence-electron chi connectivity index (χ1n) is 9.21. The molecule has 1 unspecified atom stereocenters. The minimum absolute atomic E-state index is 0.0202. The first-order valence-corrected chi connectivity index (χ1v) is 9.21. The molecule has 1 atom stereocenters. The lowest BCUT2D eigenvalue weighted by Crippen LogP contribution is -2.38. The Hall–Kier alpha value is -1.63. The molecule has 1 heterocycles. The average molecular weight is 349 g/mol. The van der Waals surface area contributed by atoms with Gasteiger partial charge in [-0.2, -0.15) is 0 Å². The quantitative estimate of drug-likeness (QED) is 0.553. The van der Waals surface area contributed by atoms with Crippen LogP contribution in [0.25, 0.3) is 0 Å². The molecule has 1 aliphatic rings. The fourth-order valence-corrected chi connectivity index (χ4v) is 3.02. The Balaban J connectivity index is 1.72. The number of nitrogens with one attached hydrogen (secondary N) is 2. The number of aliphatic hydroxyl groups is 1. The molecule has 2 rings (SSSR count). The molecule has 1 amide bonds. The molecule has 1 fully saturated rings. The van der Waals surface area contributed by atoms with Crippen molar-refractivity contribution < 1.29 is 14.6 Å². The zero-order valence-electron chi connectivity index (χ0n) is 15.2. The van der Waals surface area contributed by atoms with Crippen molar-refractivity contribution in [3.05, 3.63) is 29.8 Å². The van der Waals surface area contributed by atoms with E-state index in [1.807, 2.05) is 24.3 Å². The molecule has 6 heteroatoms. The molecule has 140 valence electrons. The van der Waals surface area contributed by atoms with Gasteiger partial charge < -0.3 is 25.4 Å². The Morgan fingerprint density at radius 1 is 1.24 bits per heavy atom. The summed E-state index contributed by atoms with van der Waals surface area (Å²) < 4.78 is 5.85. The lowest BCUT2D eigenvalue weighted by molar-refractivity contribution is -0.118. The molecule has 0 aromatic heterocycles. The molecule has 3 N–H and O–H groups in total. The highest BCUT2D eigenvalue weighted by molar-refractivity contribution is 5.72. The van der Waals surface area contributed by atoms with Crippen LogP contribution in [0, 0.1) is 0 Å². The molecule has 0 aliphatic carbocycles. The van der Waals surface area contributed by atoms with Crippen molar-refractivity contribution in [3.8, 4) is 5.75 Å². The van der Waals surface area contributed by atoms with Crippen LogP contribution in [0.3, 0.4) is 0 Å². The monoisotopic (exact) mass is 349 g/mol. The van der Waals surface area contributed by atoms with Gasteiger partial charge >= 0.3 is 0 Å². The number of carbonyl (C=O) groups is 1. The second kappa shape index (κ2) is 11.1. The SMILES string of the molecule is CC(=O)NCCNCc1ccccc1OCC(O)CN1CCCCC1. The van der Waals surface area contributed by atoms with Crippen LogP contribution in [0.4, 0.5) is 0 Å². The summed E-state index contributed by atoms with van der Waals surface area (Å²) in [5.74, 6) is 0.778. The van der Waals surface area contributed by atoms with E-state index in [2.05, 4.69) is 15.5 Å². The highest BCUT2D eigenvalue weighted by atomic mass is 16.5. The van der Waals surface area contributed by atoms with E-state index in [1.54, 1.807) is 0 Å². The molecule has 6 nitrogen and oxygen atoms in total. The Bertz CT molecular complexity index is 518. The van der Waals surface area contributed by atoms with Crippen LogP contribution >= 0.6 is 0 Å². The van der Waals surface area contributed by atoms with Gasteiger partial charge in [0, 0.05) is 38.7 Å². The van der Waals surface area contributed by atoms with Gasteiger partial charge in [0.25, 0.3) is 0 Å². The van der Waals surface area contributed by atoms with E-state index < -0.39 is 6.10 Å². The fraction of sp³-hybridized carbons (Fsp3) is 0.632. The van der Waals surface area contributed by atoms with E-state index in [9.17, 15) is 9.90 Å². The molecule has 0 spiro atoms. The molecule has 1 saturated heterocycles. The maximum Gasteiger partial charge on any atom is 0.216 e. The summed E-state index contributed by atoms with van der Waals surface area (Å²) in [6.07, 6.45) is 3.27. The van der Waals surface area contributed by atoms with Gasteiger partial charge in [-0.25, -0.2) is 0 Å². The van der Waals surface area contributed by atoms with Crippen LogP contribution in [-0.4, -0.2) is 61.3 Å². The Kier molecular flexibility index (Phi) is 8.72. The molecule has 0 radical (unpaired) electrons. The van der Waals surface area contributed by atoms with Crippen molar-refractivity contribution in [1.29, 1.82) is 0 Å². The Morgan fingerprint density at radius 2 is 2.00 bits per heavy atom. The van der Waals surface area contributed by atoms with Gasteiger partial charge in [0.15, 0.2) is 0 Å². The van der Waals surface area contributed by atoms with Gasteiger partial charge in [0.1, 0.15) is 18.5 Å². The fourth-order valence-electron chi connectivity index (χ4n) is 3.02. The minimum atomic E-state index is -0.473. The number of benzene rings is 1. The van der Waals surface area contributed by atoms with E-state index in [-0.39, 0.29) is 5.91 Å². The standard InChI is InChI=1S/C19H31N3O3/c1-16(23)21-10-9-20-13-17-7-3-4-8-19(17)25-15-18(24)14-22-11-5-2-6-12-22/h3-4,7-8,18,20,24H,2,5-6,9-15H2,1H3,(H,21,23). The predicted octanol–water partition coefficient (Wildman–Crippen LogP) is 1.14. The molecule has 0 saturated carbocycles. The zero-order valence-corrected chi connectivity index (χ0v) is 15.2. The zero-order chi connectivity index (χ0) is 17.9. The highest BCUT2D eigenvalue weighted by Gasteiger charge is 2.15. The van der Waals surface area contributed by atoms with Gasteiger partial charge in [-0.3, -0.25) is 4.79 Å². The number of nitrogens with zero attached hydrogens (tertiary/aromatic N) is 1. The van der Waals surface area contributed by atoms with Crippen molar-refractivity contribution in [2.24, 2.45) is 0 Å². The number of hydrogen-bond donors (Lipinski definition) is 3. The van der Waals surface area contributed by atoms with E-state index in [0.29, 0.717) is 32.8 Å². The molecule has 0 bridgehead atoms. The number of carbonyl (C=O) groups excluding carboxylic acids is 1. The number of likely N-dealkylation sites (tertiary alicyclic amines) is 1. The second-order valence-electron chi connectivity index (χ2n) is 6.59. The Morgan fingerprint density at radius 3 is 2.76 bits per heavy atom. The van der Waals surface area contributed by atoms with Crippen LogP contribution in [0.5, 0.6) is 5.75 Å². The van der Waals surface area contributed by atoms with Crippen molar-refractivity contribution >= 4 is 5.91 Å². The summed E-state index contributed by atoms with van der Waals surface area (Å²) in [6.45, 7) is 6.61. The summed E-state index contributed by atoms with van der Waals surface area (Å²) in [6, 6.07) is 7.85. The summed E-state index contributed by atoms with van der Waals surface area (Å²) in [7, 11) is 0. The first-order chi connectivity index (χ1) is 12.1. The van der Waals surface area contributed by atoms with Crippen LogP contribution in [0.15, 0.2) is 24.3 Å². The topological polar surface area (TPSA) is 73.8 Å². The average Bonchev–Trinajstić information content (AvgIpc) is 2.61. The van der Waals surface area contributed by atoms with Crippen LogP contribution in [-0.2, 0) is 11.3 Å². The van der Waals surface area contributed by atoms with Crippen LogP contribution < -0.4 is 15.4 Å². The van der Waals surface area contributed by atoms with Gasteiger partial charge in [-0.05, 0) is 32.0 Å². The predicted molar refractivity (Wildman–Crippen MR) is 98.6 cm³/mol. The van der Waals surface area contributed by atoms with Gasteiger partial charge in [-0.1, -0.05) is 24.6 Å². The summed E-state index contributed by atoms with van der Waals surface area (Å²) in [4.78, 5) is 13.1. The molecule has 1 aliphatic heterocycles. The maximum atomic E-state index is 10.8. The van der Waals surface area contributed by atoms with Crippen molar-refractivity contribution in [3.63, 3.8) is 0 Å². The number of β-amino-alcohol motifs (C(OH)–C–C–N with tert-alkyl or cyclic N) is 1. The summed E-state index contributed by atoms with van der Waals surface area (Å²) in [5, 5.41) is 16.3. The van der Waals surface area contributed by atoms with Gasteiger partial charge in [0.05, 0.1) is 0 Å². The van der Waals surface area contributed by atoms with E-state index in [4.69, 9.17) is 4.74 Å². The highest BCUT2D eigenvalue weighted by Crippen LogP contribution is 2.18. The summed E-state index contributed by atoms with van der Waals surface area (Å²) >= 11 is 0. The van der Waals surface area contributed by atoms with Crippen molar-refractivity contribution in [2.45, 2.75) is 38.8 Å². The number of rotatable bonds is 10. The smallest absolute Gasteiger partial charge is 0.216 e. The number of para-hydroxylation sites is 1. The van der Waals surface area contributed by atoms with Crippen LogP contribution in [0.2, 0.25) is 0 Å². The lowest BCUT2D eigenvalue weighted by Gasteiger charge is -2.28. The normalized spacial score (nSPS) is 16.4.